The summed E-state index contributed by atoms with van der Waals surface area (Å²) in [6, 6.07) is 15.3. The molecule has 1 aliphatic heterocycles. The monoisotopic (exact) mass is 542 g/mol. The molecule has 34 heavy (non-hydrogen) atoms. The van der Waals surface area contributed by atoms with E-state index in [0.29, 0.717) is 12.1 Å². The third-order valence-electron chi connectivity index (χ3n) is 6.27. The van der Waals surface area contributed by atoms with E-state index in [-0.39, 0.29) is 42.8 Å². The molecule has 0 N–H and O–H groups in total. The minimum atomic E-state index is -0.429. The zero-order chi connectivity index (χ0) is 23.7. The molecule has 2 aromatic carbocycles. The Hall–Kier alpha value is -2.71. The van der Waals surface area contributed by atoms with Crippen molar-refractivity contribution >= 4 is 39.1 Å². The molecule has 0 saturated heterocycles. The molecule has 8 heteroatoms. The molecule has 5 rings (SSSR count). The fourth-order valence-electron chi connectivity index (χ4n) is 4.38. The van der Waals surface area contributed by atoms with Crippen LogP contribution in [0.15, 0.2) is 64.5 Å². The number of halogens is 2. The van der Waals surface area contributed by atoms with E-state index >= 15 is 0 Å². The Bertz CT molecular complexity index is 1210. The molecule has 0 bridgehead atoms. The van der Waals surface area contributed by atoms with Gasteiger partial charge in [-0.25, -0.2) is 4.39 Å². The van der Waals surface area contributed by atoms with E-state index in [1.165, 1.54) is 10.9 Å². The predicted octanol–water partition coefficient (Wildman–Crippen LogP) is 5.46. The largest absolute Gasteiger partial charge is 0.488 e. The van der Waals surface area contributed by atoms with Crippen LogP contribution in [0.4, 0.5) is 4.39 Å². The maximum Gasteiger partial charge on any atom is 0.254 e. The molecular formula is C26H24BrFN2O3S. The molecule has 1 atom stereocenters. The van der Waals surface area contributed by atoms with Gasteiger partial charge >= 0.3 is 0 Å². The number of hydrogen-bond acceptors (Lipinski definition) is 4. The summed E-state index contributed by atoms with van der Waals surface area (Å²) in [6.07, 6.45) is 2.57. The van der Waals surface area contributed by atoms with E-state index in [9.17, 15) is 14.0 Å². The van der Waals surface area contributed by atoms with E-state index in [2.05, 4.69) is 15.9 Å². The van der Waals surface area contributed by atoms with Crippen LogP contribution in [-0.4, -0.2) is 47.4 Å². The lowest BCUT2D eigenvalue weighted by molar-refractivity contribution is -0.135. The number of hydrogen-bond donors (Lipinski definition) is 0. The molecule has 0 spiro atoms. The number of rotatable bonds is 7. The summed E-state index contributed by atoms with van der Waals surface area (Å²) in [5.41, 5.74) is 1.60. The molecule has 2 heterocycles. The standard InChI is InChI=1S/C26H24BrFN2O3S/c27-18-5-3-4-17(14-18)26(32)30(19-8-9-19)15-25(31)29-12-10-24-20(11-13-34-24)22(29)16-33-23-7-2-1-6-21(23)28/h1-7,11,13-14,19,22H,8-10,12,15-16H2/t22-/m0/s1. The first-order valence-corrected chi connectivity index (χ1v) is 13.0. The minimum Gasteiger partial charge on any atom is -0.488 e. The van der Waals surface area contributed by atoms with Crippen LogP contribution in [0.3, 0.4) is 0 Å². The van der Waals surface area contributed by atoms with Gasteiger partial charge in [0.1, 0.15) is 13.2 Å². The van der Waals surface area contributed by atoms with Gasteiger partial charge in [-0.05, 0) is 66.6 Å². The minimum absolute atomic E-state index is 0.0195. The van der Waals surface area contributed by atoms with Crippen LogP contribution in [0.25, 0.3) is 0 Å². The first-order valence-electron chi connectivity index (χ1n) is 11.3. The van der Waals surface area contributed by atoms with Crippen molar-refractivity contribution in [3.05, 3.63) is 86.3 Å². The summed E-state index contributed by atoms with van der Waals surface area (Å²) in [4.78, 5) is 31.5. The van der Waals surface area contributed by atoms with Crippen LogP contribution in [0.1, 0.15) is 39.7 Å². The molecule has 5 nitrogen and oxygen atoms in total. The van der Waals surface area contributed by atoms with Gasteiger partial charge in [0.2, 0.25) is 5.91 Å². The highest BCUT2D eigenvalue weighted by molar-refractivity contribution is 9.10. The molecule has 176 valence electrons. The molecule has 2 amide bonds. The highest BCUT2D eigenvalue weighted by Crippen LogP contribution is 2.35. The zero-order valence-corrected chi connectivity index (χ0v) is 20.9. The smallest absolute Gasteiger partial charge is 0.254 e. The van der Waals surface area contributed by atoms with Crippen LogP contribution in [0.2, 0.25) is 0 Å². The van der Waals surface area contributed by atoms with Gasteiger partial charge in [0, 0.05) is 27.5 Å². The second-order valence-electron chi connectivity index (χ2n) is 8.57. The van der Waals surface area contributed by atoms with Crippen molar-refractivity contribution < 1.29 is 18.7 Å². The van der Waals surface area contributed by atoms with Crippen LogP contribution >= 0.6 is 27.3 Å². The predicted molar refractivity (Wildman–Crippen MR) is 133 cm³/mol. The van der Waals surface area contributed by atoms with Gasteiger partial charge in [-0.1, -0.05) is 34.1 Å². The number of fused-ring (bicyclic) bond motifs is 1. The van der Waals surface area contributed by atoms with Crippen LogP contribution in [0, 0.1) is 5.82 Å². The summed E-state index contributed by atoms with van der Waals surface area (Å²) in [5.74, 6) is -0.512. The highest BCUT2D eigenvalue weighted by Gasteiger charge is 2.38. The number of amides is 2. The number of benzene rings is 2. The number of para-hydroxylation sites is 1. The van der Waals surface area contributed by atoms with Gasteiger partial charge in [-0.2, -0.15) is 0 Å². The highest BCUT2D eigenvalue weighted by atomic mass is 79.9. The topological polar surface area (TPSA) is 49.9 Å². The first-order chi connectivity index (χ1) is 16.5. The van der Waals surface area contributed by atoms with Crippen molar-refractivity contribution in [3.63, 3.8) is 0 Å². The Morgan fingerprint density at radius 1 is 1.15 bits per heavy atom. The average molecular weight is 543 g/mol. The Morgan fingerprint density at radius 2 is 1.97 bits per heavy atom. The summed E-state index contributed by atoms with van der Waals surface area (Å²) in [5, 5.41) is 2.02. The van der Waals surface area contributed by atoms with Crippen LogP contribution in [-0.2, 0) is 11.2 Å². The van der Waals surface area contributed by atoms with Crippen molar-refractivity contribution in [2.24, 2.45) is 0 Å². The van der Waals surface area contributed by atoms with Crippen LogP contribution in [0.5, 0.6) is 5.75 Å². The number of thiophene rings is 1. The lowest BCUT2D eigenvalue weighted by atomic mass is 10.0. The number of ether oxygens (including phenoxy) is 1. The lowest BCUT2D eigenvalue weighted by Crippen LogP contribution is -2.48. The Kier molecular flexibility index (Phi) is 6.70. The molecule has 0 radical (unpaired) electrons. The van der Waals surface area contributed by atoms with Gasteiger partial charge in [0.15, 0.2) is 11.6 Å². The third kappa shape index (κ3) is 4.88. The summed E-state index contributed by atoms with van der Waals surface area (Å²) >= 11 is 5.08. The van der Waals surface area contributed by atoms with E-state index in [4.69, 9.17) is 4.74 Å². The molecule has 2 aliphatic rings. The fraction of sp³-hybridized carbons (Fsp3) is 0.308. The third-order valence-corrected chi connectivity index (χ3v) is 7.76. The number of carbonyl (C=O) groups excluding carboxylic acids is 2. The van der Waals surface area contributed by atoms with Gasteiger partial charge in [0.05, 0.1) is 6.04 Å². The van der Waals surface area contributed by atoms with Crippen molar-refractivity contribution in [1.29, 1.82) is 0 Å². The summed E-state index contributed by atoms with van der Waals surface area (Å²) in [6.45, 7) is 0.715. The normalized spacial score (nSPS) is 17.2. The number of nitrogens with zero attached hydrogens (tertiary/aromatic N) is 2. The van der Waals surface area contributed by atoms with E-state index in [1.54, 1.807) is 51.5 Å². The maximum atomic E-state index is 14.1. The second kappa shape index (κ2) is 9.88. The zero-order valence-electron chi connectivity index (χ0n) is 18.5. The summed E-state index contributed by atoms with van der Waals surface area (Å²) in [7, 11) is 0. The number of carbonyl (C=O) groups is 2. The SMILES string of the molecule is O=C(c1cccc(Br)c1)N(CC(=O)N1CCc2sccc2[C@@H]1COc1ccccc1F)C1CC1. The Morgan fingerprint density at radius 3 is 2.74 bits per heavy atom. The van der Waals surface area contributed by atoms with Crippen molar-refractivity contribution in [2.75, 3.05) is 19.7 Å². The Labute approximate surface area is 210 Å². The van der Waals surface area contributed by atoms with Gasteiger partial charge < -0.3 is 14.5 Å². The molecule has 1 aliphatic carbocycles. The van der Waals surface area contributed by atoms with E-state index in [1.807, 2.05) is 23.6 Å². The van der Waals surface area contributed by atoms with Gasteiger partial charge in [-0.15, -0.1) is 11.3 Å². The molecular weight excluding hydrogens is 519 g/mol. The fourth-order valence-corrected chi connectivity index (χ4v) is 5.71. The maximum absolute atomic E-state index is 14.1. The van der Waals surface area contributed by atoms with Crippen LogP contribution < -0.4 is 4.74 Å². The van der Waals surface area contributed by atoms with E-state index in [0.717, 1.165) is 29.3 Å². The first kappa shape index (κ1) is 23.1. The van der Waals surface area contributed by atoms with Gasteiger partial charge in [0.25, 0.3) is 5.91 Å². The Balaban J connectivity index is 1.35. The molecule has 1 fully saturated rings. The van der Waals surface area contributed by atoms with Crippen molar-refractivity contribution in [3.8, 4) is 5.75 Å². The molecule has 1 aromatic heterocycles. The molecule has 1 saturated carbocycles. The van der Waals surface area contributed by atoms with Crippen molar-refractivity contribution in [2.45, 2.75) is 31.3 Å². The molecule has 0 unspecified atom stereocenters. The van der Waals surface area contributed by atoms with E-state index < -0.39 is 5.82 Å². The van der Waals surface area contributed by atoms with Crippen molar-refractivity contribution in [1.82, 2.24) is 9.80 Å². The average Bonchev–Trinajstić information content (AvgIpc) is 3.57. The van der Waals surface area contributed by atoms with Gasteiger partial charge in [-0.3, -0.25) is 9.59 Å². The second-order valence-corrected chi connectivity index (χ2v) is 10.5. The molecule has 3 aromatic rings. The lowest BCUT2D eigenvalue weighted by Gasteiger charge is -2.37. The summed E-state index contributed by atoms with van der Waals surface area (Å²) < 4.78 is 20.8. The quantitative estimate of drug-likeness (QED) is 0.398.